The molecule has 30 heavy (non-hydrogen) atoms. The summed E-state index contributed by atoms with van der Waals surface area (Å²) in [6, 6.07) is 0. The topological polar surface area (TPSA) is 88.5 Å². The molecule has 160 valence electrons. The molecule has 0 radical (unpaired) electrons. The Bertz CT molecular complexity index is 925. The van der Waals surface area contributed by atoms with E-state index in [9.17, 15) is 9.59 Å². The number of aryl methyl sites for hydroxylation is 2. The third-order valence-electron chi connectivity index (χ3n) is 5.66. The lowest BCUT2D eigenvalue weighted by atomic mass is 9.96. The molecule has 2 aromatic rings. The number of carbonyl (C=O) groups is 2. The Labute approximate surface area is 180 Å². The van der Waals surface area contributed by atoms with E-state index in [1.54, 1.807) is 22.4 Å². The molecular weight excluding hydrogens is 402 g/mol. The van der Waals surface area contributed by atoms with Crippen molar-refractivity contribution in [2.75, 3.05) is 39.4 Å². The zero-order valence-electron chi connectivity index (χ0n) is 17.5. The molecule has 2 amide bonds. The molecule has 0 N–H and O–H groups in total. The molecule has 9 heteroatoms. The van der Waals surface area contributed by atoms with Crippen molar-refractivity contribution in [3.63, 3.8) is 0 Å². The molecule has 1 atom stereocenters. The van der Waals surface area contributed by atoms with Gasteiger partial charge in [-0.3, -0.25) is 9.59 Å². The van der Waals surface area contributed by atoms with Gasteiger partial charge in [-0.05, 0) is 26.7 Å². The molecule has 0 aromatic carbocycles. The van der Waals surface area contributed by atoms with Gasteiger partial charge in [-0.2, -0.15) is 0 Å². The molecule has 2 fully saturated rings. The van der Waals surface area contributed by atoms with E-state index < -0.39 is 0 Å². The minimum atomic E-state index is -0.0404. The van der Waals surface area contributed by atoms with Crippen molar-refractivity contribution in [3.05, 3.63) is 39.4 Å². The van der Waals surface area contributed by atoms with Gasteiger partial charge in [0.15, 0.2) is 0 Å². The van der Waals surface area contributed by atoms with Crippen LogP contribution in [0.25, 0.3) is 0 Å². The second-order valence-electron chi connectivity index (χ2n) is 7.85. The van der Waals surface area contributed by atoms with Crippen molar-refractivity contribution in [2.24, 2.45) is 0 Å². The summed E-state index contributed by atoms with van der Waals surface area (Å²) in [5, 5.41) is 2.93. The van der Waals surface area contributed by atoms with Crippen LogP contribution in [0, 0.1) is 13.8 Å². The smallest absolute Gasteiger partial charge is 0.257 e. The molecule has 0 saturated carbocycles. The zero-order chi connectivity index (χ0) is 21.1. The average molecular weight is 430 g/mol. The van der Waals surface area contributed by atoms with Crippen LogP contribution in [-0.4, -0.2) is 76.0 Å². The Balaban J connectivity index is 1.42. The Morgan fingerprint density at radius 2 is 1.97 bits per heavy atom. The van der Waals surface area contributed by atoms with E-state index in [0.717, 1.165) is 30.1 Å². The molecule has 4 heterocycles. The number of hydrogen-bond acceptors (Lipinski definition) is 7. The van der Waals surface area contributed by atoms with Gasteiger partial charge in [0.2, 0.25) is 5.91 Å². The van der Waals surface area contributed by atoms with E-state index in [2.05, 4.69) is 15.0 Å². The number of morpholine rings is 1. The van der Waals surface area contributed by atoms with Crippen molar-refractivity contribution in [3.8, 4) is 0 Å². The first-order valence-electron chi connectivity index (χ1n) is 10.4. The maximum Gasteiger partial charge on any atom is 0.257 e. The second kappa shape index (κ2) is 9.18. The van der Waals surface area contributed by atoms with Crippen molar-refractivity contribution in [2.45, 2.75) is 39.0 Å². The van der Waals surface area contributed by atoms with Crippen molar-refractivity contribution in [1.82, 2.24) is 24.8 Å². The summed E-state index contributed by atoms with van der Waals surface area (Å²) in [5.41, 5.74) is 2.07. The van der Waals surface area contributed by atoms with Crippen LogP contribution in [0.15, 0.2) is 11.6 Å². The normalized spacial score (nSPS) is 19.7. The highest BCUT2D eigenvalue weighted by Gasteiger charge is 2.28. The largest absolute Gasteiger partial charge is 0.378 e. The number of ether oxygens (including phenoxy) is 1. The first kappa shape index (κ1) is 20.9. The molecule has 4 rings (SSSR count). The van der Waals surface area contributed by atoms with Crippen LogP contribution < -0.4 is 0 Å². The summed E-state index contributed by atoms with van der Waals surface area (Å²) in [6.07, 6.45) is 3.84. The van der Waals surface area contributed by atoms with Gasteiger partial charge in [0, 0.05) is 43.7 Å². The van der Waals surface area contributed by atoms with Crippen LogP contribution in [0.3, 0.4) is 0 Å². The van der Waals surface area contributed by atoms with E-state index >= 15 is 0 Å². The molecule has 0 spiro atoms. The van der Waals surface area contributed by atoms with Crippen molar-refractivity contribution < 1.29 is 14.3 Å². The van der Waals surface area contributed by atoms with Crippen LogP contribution in [0.4, 0.5) is 0 Å². The molecular formula is C21H27N5O3S. The molecule has 2 saturated heterocycles. The number of amides is 2. The van der Waals surface area contributed by atoms with Gasteiger partial charge < -0.3 is 14.5 Å². The van der Waals surface area contributed by atoms with E-state index in [1.165, 1.54) is 0 Å². The number of thiazole rings is 1. The number of aromatic nitrogens is 3. The highest BCUT2D eigenvalue weighted by Crippen LogP contribution is 2.26. The van der Waals surface area contributed by atoms with E-state index in [1.807, 2.05) is 24.1 Å². The minimum absolute atomic E-state index is 0.0404. The summed E-state index contributed by atoms with van der Waals surface area (Å²) in [4.78, 5) is 42.7. The van der Waals surface area contributed by atoms with Gasteiger partial charge in [-0.1, -0.05) is 0 Å². The summed E-state index contributed by atoms with van der Waals surface area (Å²) >= 11 is 1.57. The molecule has 8 nitrogen and oxygen atoms in total. The van der Waals surface area contributed by atoms with Crippen molar-refractivity contribution >= 4 is 23.2 Å². The fourth-order valence-corrected chi connectivity index (χ4v) is 4.61. The standard InChI is InChI=1S/C21H27N5O3S/c1-14-18(21(28)25-6-8-29-9-7-25)11-22-20(23-14)16-4-3-5-26(12-16)19(27)10-17-13-30-15(2)24-17/h11,13,16H,3-10,12H2,1-2H3. The summed E-state index contributed by atoms with van der Waals surface area (Å²) in [7, 11) is 0. The summed E-state index contributed by atoms with van der Waals surface area (Å²) in [5.74, 6) is 0.862. The Morgan fingerprint density at radius 1 is 1.17 bits per heavy atom. The first-order chi connectivity index (χ1) is 14.5. The number of nitrogens with zero attached hydrogens (tertiary/aromatic N) is 5. The monoisotopic (exact) mass is 429 g/mol. The molecule has 0 bridgehead atoms. The van der Waals surface area contributed by atoms with Crippen LogP contribution >= 0.6 is 11.3 Å². The van der Waals surface area contributed by atoms with Crippen LogP contribution in [0.2, 0.25) is 0 Å². The Hall–Kier alpha value is -2.39. The fraction of sp³-hybridized carbons (Fsp3) is 0.571. The number of piperidine rings is 1. The second-order valence-corrected chi connectivity index (χ2v) is 8.91. The summed E-state index contributed by atoms with van der Waals surface area (Å²) < 4.78 is 5.32. The lowest BCUT2D eigenvalue weighted by Gasteiger charge is -2.32. The lowest BCUT2D eigenvalue weighted by molar-refractivity contribution is -0.131. The number of hydrogen-bond donors (Lipinski definition) is 0. The Morgan fingerprint density at radius 3 is 2.67 bits per heavy atom. The highest BCUT2D eigenvalue weighted by molar-refractivity contribution is 7.09. The zero-order valence-corrected chi connectivity index (χ0v) is 18.3. The van der Waals surface area contributed by atoms with Crippen LogP contribution in [0.5, 0.6) is 0 Å². The predicted octanol–water partition coefficient (Wildman–Crippen LogP) is 1.97. The van der Waals surface area contributed by atoms with Crippen molar-refractivity contribution in [1.29, 1.82) is 0 Å². The van der Waals surface area contributed by atoms with Gasteiger partial charge in [0.05, 0.1) is 41.6 Å². The van der Waals surface area contributed by atoms with E-state index in [4.69, 9.17) is 4.74 Å². The first-order valence-corrected chi connectivity index (χ1v) is 11.3. The quantitative estimate of drug-likeness (QED) is 0.738. The molecule has 1 unspecified atom stereocenters. The number of likely N-dealkylation sites (tertiary alicyclic amines) is 1. The SMILES string of the molecule is Cc1nc(CC(=O)N2CCCC(c3ncc(C(=O)N4CCOCC4)c(C)n3)C2)cs1. The average Bonchev–Trinajstić information content (AvgIpc) is 3.18. The van der Waals surface area contributed by atoms with Crippen LogP contribution in [0.1, 0.15) is 51.3 Å². The molecule has 2 aromatic heterocycles. The minimum Gasteiger partial charge on any atom is -0.378 e. The third kappa shape index (κ3) is 4.67. The highest BCUT2D eigenvalue weighted by atomic mass is 32.1. The van der Waals surface area contributed by atoms with Gasteiger partial charge in [0.1, 0.15) is 5.82 Å². The van der Waals surface area contributed by atoms with Crippen LogP contribution in [-0.2, 0) is 16.0 Å². The van der Waals surface area contributed by atoms with E-state index in [0.29, 0.717) is 56.4 Å². The lowest BCUT2D eigenvalue weighted by Crippen LogP contribution is -2.41. The maximum atomic E-state index is 12.8. The number of carbonyl (C=O) groups excluding carboxylic acids is 2. The van der Waals surface area contributed by atoms with Gasteiger partial charge >= 0.3 is 0 Å². The van der Waals surface area contributed by atoms with E-state index in [-0.39, 0.29) is 17.7 Å². The molecule has 2 aliphatic heterocycles. The maximum absolute atomic E-state index is 12.8. The molecule has 0 aliphatic carbocycles. The predicted molar refractivity (Wildman–Crippen MR) is 113 cm³/mol. The van der Waals surface area contributed by atoms with Gasteiger partial charge in [0.25, 0.3) is 5.91 Å². The molecule has 2 aliphatic rings. The summed E-state index contributed by atoms with van der Waals surface area (Å²) in [6.45, 7) is 7.49. The Kier molecular flexibility index (Phi) is 6.38. The number of rotatable bonds is 4. The van der Waals surface area contributed by atoms with Gasteiger partial charge in [-0.15, -0.1) is 11.3 Å². The fourth-order valence-electron chi connectivity index (χ4n) is 4.00. The van der Waals surface area contributed by atoms with Gasteiger partial charge in [-0.25, -0.2) is 15.0 Å². The third-order valence-corrected chi connectivity index (χ3v) is 6.49.